The molecule has 0 spiro atoms. The number of thiocarbonyl (C=S) groups is 1. The van der Waals surface area contributed by atoms with E-state index in [1.54, 1.807) is 0 Å². The van der Waals surface area contributed by atoms with E-state index in [1.807, 2.05) is 12.1 Å². The van der Waals surface area contributed by atoms with E-state index in [2.05, 4.69) is 34.2 Å². The molecular formula is C15H21BrN2S. The highest BCUT2D eigenvalue weighted by Crippen LogP contribution is 2.29. The van der Waals surface area contributed by atoms with Crippen LogP contribution in [0, 0.1) is 5.92 Å². The standard InChI is InChI=1S/C15H21BrN2S/c1-10(11-5-3-2-4-6-11)18-14-8-7-12(16)9-13(14)15(17)19/h7-11,18H,2-6H2,1H3,(H2,17,19). The smallest absolute Gasteiger partial charge is 0.106 e. The van der Waals surface area contributed by atoms with Gasteiger partial charge in [-0.3, -0.25) is 0 Å². The van der Waals surface area contributed by atoms with Gasteiger partial charge in [-0.25, -0.2) is 0 Å². The fraction of sp³-hybridized carbons (Fsp3) is 0.533. The van der Waals surface area contributed by atoms with E-state index in [4.69, 9.17) is 18.0 Å². The molecule has 1 unspecified atom stereocenters. The molecule has 1 atom stereocenters. The fourth-order valence-electron chi connectivity index (χ4n) is 2.84. The zero-order valence-corrected chi connectivity index (χ0v) is 13.7. The average molecular weight is 341 g/mol. The van der Waals surface area contributed by atoms with Crippen molar-refractivity contribution in [2.45, 2.75) is 45.1 Å². The van der Waals surface area contributed by atoms with Crippen LogP contribution in [-0.4, -0.2) is 11.0 Å². The van der Waals surface area contributed by atoms with Gasteiger partial charge in [-0.15, -0.1) is 0 Å². The van der Waals surface area contributed by atoms with Gasteiger partial charge in [-0.2, -0.15) is 0 Å². The highest BCUT2D eigenvalue weighted by Gasteiger charge is 2.20. The molecule has 0 aromatic heterocycles. The third-order valence-corrected chi connectivity index (χ3v) is 4.70. The van der Waals surface area contributed by atoms with Crippen LogP contribution >= 0.6 is 28.1 Å². The van der Waals surface area contributed by atoms with Crippen molar-refractivity contribution in [3.8, 4) is 0 Å². The molecule has 4 heteroatoms. The molecule has 1 saturated carbocycles. The van der Waals surface area contributed by atoms with E-state index in [-0.39, 0.29) is 0 Å². The van der Waals surface area contributed by atoms with Gasteiger partial charge in [0.2, 0.25) is 0 Å². The molecule has 0 bridgehead atoms. The molecule has 1 aromatic rings. The summed E-state index contributed by atoms with van der Waals surface area (Å²) in [6.07, 6.45) is 6.76. The van der Waals surface area contributed by atoms with Crippen LogP contribution in [0.25, 0.3) is 0 Å². The summed E-state index contributed by atoms with van der Waals surface area (Å²) in [5.41, 5.74) is 7.78. The molecule has 0 radical (unpaired) electrons. The molecule has 0 amide bonds. The van der Waals surface area contributed by atoms with E-state index in [9.17, 15) is 0 Å². The summed E-state index contributed by atoms with van der Waals surface area (Å²) >= 11 is 8.60. The molecule has 19 heavy (non-hydrogen) atoms. The molecule has 2 nitrogen and oxygen atoms in total. The van der Waals surface area contributed by atoms with Crippen molar-refractivity contribution in [3.05, 3.63) is 28.2 Å². The Morgan fingerprint density at radius 2 is 2.05 bits per heavy atom. The molecule has 0 heterocycles. The van der Waals surface area contributed by atoms with Crippen LogP contribution in [0.3, 0.4) is 0 Å². The maximum atomic E-state index is 5.81. The minimum Gasteiger partial charge on any atom is -0.389 e. The lowest BCUT2D eigenvalue weighted by Gasteiger charge is -2.29. The molecule has 1 aliphatic rings. The Bertz CT molecular complexity index is 455. The van der Waals surface area contributed by atoms with Crippen molar-refractivity contribution in [1.29, 1.82) is 0 Å². The molecule has 1 aliphatic carbocycles. The Hall–Kier alpha value is -0.610. The fourth-order valence-corrected chi connectivity index (χ4v) is 3.37. The van der Waals surface area contributed by atoms with Gasteiger partial charge in [-0.05, 0) is 43.9 Å². The summed E-state index contributed by atoms with van der Waals surface area (Å²) in [4.78, 5) is 0.444. The van der Waals surface area contributed by atoms with Crippen molar-refractivity contribution in [3.63, 3.8) is 0 Å². The minimum absolute atomic E-state index is 0.444. The van der Waals surface area contributed by atoms with Gasteiger partial charge in [0.1, 0.15) is 4.99 Å². The first-order chi connectivity index (χ1) is 9.08. The van der Waals surface area contributed by atoms with Gasteiger partial charge in [0.05, 0.1) is 0 Å². The summed E-state index contributed by atoms with van der Waals surface area (Å²) in [7, 11) is 0. The van der Waals surface area contributed by atoms with Crippen LogP contribution in [0.5, 0.6) is 0 Å². The first kappa shape index (κ1) is 14.8. The molecule has 3 N–H and O–H groups in total. The number of nitrogens with two attached hydrogens (primary N) is 1. The number of halogens is 1. The van der Waals surface area contributed by atoms with Crippen LogP contribution < -0.4 is 11.1 Å². The van der Waals surface area contributed by atoms with E-state index in [0.29, 0.717) is 11.0 Å². The lowest BCUT2D eigenvalue weighted by molar-refractivity contribution is 0.328. The van der Waals surface area contributed by atoms with Crippen molar-refractivity contribution < 1.29 is 0 Å². The van der Waals surface area contributed by atoms with Gasteiger partial charge in [0.15, 0.2) is 0 Å². The summed E-state index contributed by atoms with van der Waals surface area (Å²) < 4.78 is 1.01. The largest absolute Gasteiger partial charge is 0.389 e. The Morgan fingerprint density at radius 3 is 2.68 bits per heavy atom. The molecular weight excluding hydrogens is 320 g/mol. The monoisotopic (exact) mass is 340 g/mol. The molecule has 1 fully saturated rings. The maximum absolute atomic E-state index is 5.81. The maximum Gasteiger partial charge on any atom is 0.106 e. The van der Waals surface area contributed by atoms with Gasteiger partial charge in [0.25, 0.3) is 0 Å². The summed E-state index contributed by atoms with van der Waals surface area (Å²) in [5.74, 6) is 0.761. The van der Waals surface area contributed by atoms with E-state index in [1.165, 1.54) is 32.1 Å². The first-order valence-electron chi connectivity index (χ1n) is 6.94. The second-order valence-electron chi connectivity index (χ2n) is 5.39. The lowest BCUT2D eigenvalue weighted by Crippen LogP contribution is -2.28. The molecule has 0 saturated heterocycles. The van der Waals surface area contributed by atoms with Crippen LogP contribution in [-0.2, 0) is 0 Å². The predicted molar refractivity (Wildman–Crippen MR) is 89.7 cm³/mol. The second kappa shape index (κ2) is 6.71. The van der Waals surface area contributed by atoms with E-state index >= 15 is 0 Å². The minimum atomic E-state index is 0.444. The van der Waals surface area contributed by atoms with Crippen LogP contribution in [0.1, 0.15) is 44.6 Å². The van der Waals surface area contributed by atoms with Gasteiger partial charge in [0, 0.05) is 21.8 Å². The quantitative estimate of drug-likeness (QED) is 0.794. The number of benzene rings is 1. The van der Waals surface area contributed by atoms with E-state index in [0.717, 1.165) is 21.6 Å². The average Bonchev–Trinajstić information content (AvgIpc) is 2.41. The number of anilines is 1. The van der Waals surface area contributed by atoms with Gasteiger partial charge < -0.3 is 11.1 Å². The Kier molecular flexibility index (Phi) is 5.22. The molecule has 0 aliphatic heterocycles. The van der Waals surface area contributed by atoms with Crippen molar-refractivity contribution in [2.75, 3.05) is 5.32 Å². The summed E-state index contributed by atoms with van der Waals surface area (Å²) in [6.45, 7) is 2.27. The van der Waals surface area contributed by atoms with Crippen molar-refractivity contribution in [2.24, 2.45) is 11.7 Å². The van der Waals surface area contributed by atoms with E-state index < -0.39 is 0 Å². The Balaban J connectivity index is 2.11. The number of rotatable bonds is 4. The molecule has 1 aromatic carbocycles. The summed E-state index contributed by atoms with van der Waals surface area (Å²) in [6, 6.07) is 6.53. The van der Waals surface area contributed by atoms with Crippen LogP contribution in [0.15, 0.2) is 22.7 Å². The Morgan fingerprint density at radius 1 is 1.37 bits per heavy atom. The zero-order chi connectivity index (χ0) is 13.8. The third kappa shape index (κ3) is 3.93. The number of hydrogen-bond acceptors (Lipinski definition) is 2. The SMILES string of the molecule is CC(Nc1ccc(Br)cc1C(N)=S)C1CCCCC1. The van der Waals surface area contributed by atoms with Crippen molar-refractivity contribution >= 4 is 38.8 Å². The zero-order valence-electron chi connectivity index (χ0n) is 11.3. The van der Waals surface area contributed by atoms with Crippen LogP contribution in [0.2, 0.25) is 0 Å². The highest BCUT2D eigenvalue weighted by molar-refractivity contribution is 9.10. The lowest BCUT2D eigenvalue weighted by atomic mass is 9.84. The highest BCUT2D eigenvalue weighted by atomic mass is 79.9. The Labute approximate surface area is 129 Å². The topological polar surface area (TPSA) is 38.0 Å². The first-order valence-corrected chi connectivity index (χ1v) is 8.14. The van der Waals surface area contributed by atoms with Gasteiger partial charge >= 0.3 is 0 Å². The van der Waals surface area contributed by atoms with Gasteiger partial charge in [-0.1, -0.05) is 47.4 Å². The normalized spacial score (nSPS) is 18.0. The second-order valence-corrected chi connectivity index (χ2v) is 6.74. The van der Waals surface area contributed by atoms with Crippen LogP contribution in [0.4, 0.5) is 5.69 Å². The predicted octanol–water partition coefficient (Wildman–Crippen LogP) is 4.46. The third-order valence-electron chi connectivity index (χ3n) is 3.99. The van der Waals surface area contributed by atoms with Crippen molar-refractivity contribution in [1.82, 2.24) is 0 Å². The molecule has 2 rings (SSSR count). The number of hydrogen-bond donors (Lipinski definition) is 2. The summed E-state index contributed by atoms with van der Waals surface area (Å²) in [5, 5.41) is 3.60. The molecule has 104 valence electrons. The number of nitrogens with one attached hydrogen (secondary N) is 1.